The Labute approximate surface area is 145 Å². The number of halogens is 1. The van der Waals surface area contributed by atoms with Crippen LogP contribution in [0, 0.1) is 0 Å². The molecule has 0 spiro atoms. The smallest absolute Gasteiger partial charge is 0.297 e. The fourth-order valence-corrected chi connectivity index (χ4v) is 2.74. The van der Waals surface area contributed by atoms with E-state index in [1.165, 1.54) is 0 Å². The highest BCUT2D eigenvalue weighted by Crippen LogP contribution is 2.37. The summed E-state index contributed by atoms with van der Waals surface area (Å²) in [5.41, 5.74) is 6.75. The Bertz CT molecular complexity index is 824. The third kappa shape index (κ3) is 2.70. The zero-order valence-corrected chi connectivity index (χ0v) is 14.2. The second kappa shape index (κ2) is 6.33. The zero-order valence-electron chi connectivity index (χ0n) is 13.3. The van der Waals surface area contributed by atoms with Crippen LogP contribution in [0.1, 0.15) is 37.8 Å². The van der Waals surface area contributed by atoms with Crippen LogP contribution in [0.4, 0.5) is 0 Å². The average molecular weight is 347 g/mol. The van der Waals surface area contributed by atoms with Gasteiger partial charge in [-0.2, -0.15) is 4.98 Å². The molecule has 1 aromatic carbocycles. The lowest BCUT2D eigenvalue weighted by Crippen LogP contribution is -2.44. The van der Waals surface area contributed by atoms with Gasteiger partial charge in [-0.05, 0) is 31.4 Å². The molecule has 1 saturated carbocycles. The monoisotopic (exact) mass is 346 g/mol. The number of hydrogen-bond acceptors (Lipinski definition) is 6. The lowest BCUT2D eigenvalue weighted by molar-refractivity contribution is 0.229. The summed E-state index contributed by atoms with van der Waals surface area (Å²) >= 11 is 0. The van der Waals surface area contributed by atoms with Crippen molar-refractivity contribution in [1.29, 1.82) is 0 Å². The molecule has 3 aromatic rings. The SMILES string of the molecule is CCc1nc(-c2nc(C3(N)CCC3)no2)nn1-c1ccccc1.Cl. The van der Waals surface area contributed by atoms with Gasteiger partial charge in [0.2, 0.25) is 5.82 Å². The van der Waals surface area contributed by atoms with Gasteiger partial charge in [0.15, 0.2) is 5.82 Å². The number of benzene rings is 1. The predicted molar refractivity (Wildman–Crippen MR) is 91.0 cm³/mol. The van der Waals surface area contributed by atoms with Gasteiger partial charge in [-0.1, -0.05) is 30.3 Å². The molecule has 1 aliphatic carbocycles. The van der Waals surface area contributed by atoms with E-state index in [9.17, 15) is 0 Å². The molecule has 2 heterocycles. The van der Waals surface area contributed by atoms with Crippen molar-refractivity contribution in [2.45, 2.75) is 38.1 Å². The van der Waals surface area contributed by atoms with Crippen molar-refractivity contribution in [3.05, 3.63) is 42.0 Å². The number of nitrogens with two attached hydrogens (primary N) is 1. The van der Waals surface area contributed by atoms with Crippen LogP contribution in [-0.4, -0.2) is 24.9 Å². The normalized spacial score (nSPS) is 15.6. The van der Waals surface area contributed by atoms with Gasteiger partial charge in [0.1, 0.15) is 5.82 Å². The molecular formula is C16H19ClN6O. The minimum Gasteiger partial charge on any atom is -0.330 e. The van der Waals surface area contributed by atoms with Gasteiger partial charge in [0.05, 0.1) is 11.2 Å². The van der Waals surface area contributed by atoms with Crippen molar-refractivity contribution >= 4 is 12.4 Å². The van der Waals surface area contributed by atoms with E-state index in [1.807, 2.05) is 37.3 Å². The quantitative estimate of drug-likeness (QED) is 0.780. The van der Waals surface area contributed by atoms with E-state index in [1.54, 1.807) is 4.68 Å². The maximum Gasteiger partial charge on any atom is 0.297 e. The van der Waals surface area contributed by atoms with E-state index in [0.717, 1.165) is 37.2 Å². The molecule has 0 unspecified atom stereocenters. The van der Waals surface area contributed by atoms with Crippen molar-refractivity contribution in [1.82, 2.24) is 24.9 Å². The molecule has 0 amide bonds. The number of rotatable bonds is 4. The van der Waals surface area contributed by atoms with Gasteiger partial charge < -0.3 is 10.3 Å². The topological polar surface area (TPSA) is 95.7 Å². The van der Waals surface area contributed by atoms with Gasteiger partial charge in [0, 0.05) is 6.42 Å². The highest BCUT2D eigenvalue weighted by molar-refractivity contribution is 5.85. The van der Waals surface area contributed by atoms with Crippen LogP contribution >= 0.6 is 12.4 Å². The van der Waals surface area contributed by atoms with E-state index in [0.29, 0.717) is 17.5 Å². The fourth-order valence-electron chi connectivity index (χ4n) is 2.74. The summed E-state index contributed by atoms with van der Waals surface area (Å²) in [6.07, 6.45) is 3.63. The first-order valence-electron chi connectivity index (χ1n) is 7.84. The van der Waals surface area contributed by atoms with Crippen LogP contribution in [0.25, 0.3) is 17.4 Å². The van der Waals surface area contributed by atoms with Crippen molar-refractivity contribution in [2.75, 3.05) is 0 Å². The second-order valence-electron chi connectivity index (χ2n) is 5.89. The maximum absolute atomic E-state index is 6.24. The minimum atomic E-state index is -0.447. The second-order valence-corrected chi connectivity index (χ2v) is 5.89. The summed E-state index contributed by atoms with van der Waals surface area (Å²) in [4.78, 5) is 8.94. The summed E-state index contributed by atoms with van der Waals surface area (Å²) in [5, 5.41) is 8.55. The summed E-state index contributed by atoms with van der Waals surface area (Å²) in [7, 11) is 0. The molecular weight excluding hydrogens is 328 g/mol. The van der Waals surface area contributed by atoms with Crippen LogP contribution < -0.4 is 5.73 Å². The third-order valence-electron chi connectivity index (χ3n) is 4.30. The summed E-state index contributed by atoms with van der Waals surface area (Å²) in [6.45, 7) is 2.04. The van der Waals surface area contributed by atoms with Crippen LogP contribution in [-0.2, 0) is 12.0 Å². The van der Waals surface area contributed by atoms with Crippen LogP contribution in [0.15, 0.2) is 34.9 Å². The Morgan fingerprint density at radius 2 is 1.96 bits per heavy atom. The van der Waals surface area contributed by atoms with E-state index >= 15 is 0 Å². The lowest BCUT2D eigenvalue weighted by Gasteiger charge is -2.34. The molecule has 0 bridgehead atoms. The lowest BCUT2D eigenvalue weighted by atomic mass is 9.77. The van der Waals surface area contributed by atoms with Gasteiger partial charge >= 0.3 is 0 Å². The predicted octanol–water partition coefficient (Wildman–Crippen LogP) is 2.64. The van der Waals surface area contributed by atoms with E-state index in [2.05, 4.69) is 20.2 Å². The molecule has 0 aliphatic heterocycles. The van der Waals surface area contributed by atoms with Crippen LogP contribution in [0.2, 0.25) is 0 Å². The summed E-state index contributed by atoms with van der Waals surface area (Å²) in [5.74, 6) is 2.15. The van der Waals surface area contributed by atoms with Crippen molar-refractivity contribution < 1.29 is 4.52 Å². The average Bonchev–Trinajstić information content (AvgIpc) is 3.20. The first-order chi connectivity index (χ1) is 11.2. The van der Waals surface area contributed by atoms with Gasteiger partial charge in [0.25, 0.3) is 5.89 Å². The van der Waals surface area contributed by atoms with Crippen molar-refractivity contribution in [3.8, 4) is 17.4 Å². The molecule has 126 valence electrons. The highest BCUT2D eigenvalue weighted by Gasteiger charge is 2.39. The maximum atomic E-state index is 6.24. The van der Waals surface area contributed by atoms with E-state index in [-0.39, 0.29) is 12.4 Å². The molecule has 0 saturated heterocycles. The molecule has 1 aliphatic rings. The van der Waals surface area contributed by atoms with Gasteiger partial charge in [-0.3, -0.25) is 0 Å². The molecule has 0 radical (unpaired) electrons. The largest absolute Gasteiger partial charge is 0.330 e. The molecule has 7 nitrogen and oxygen atoms in total. The molecule has 1 fully saturated rings. The van der Waals surface area contributed by atoms with E-state index in [4.69, 9.17) is 10.3 Å². The first kappa shape index (κ1) is 16.6. The summed E-state index contributed by atoms with van der Waals surface area (Å²) < 4.78 is 7.15. The van der Waals surface area contributed by atoms with E-state index < -0.39 is 5.54 Å². The summed E-state index contributed by atoms with van der Waals surface area (Å²) in [6, 6.07) is 9.88. The standard InChI is InChI=1S/C16H18N6O.ClH/c1-2-12-18-13(20-22(12)11-7-4-3-5-8-11)14-19-15(21-23-14)16(17)9-6-10-16;/h3-5,7-8H,2,6,9-10,17H2,1H3;1H. The molecule has 0 atom stereocenters. The molecule has 24 heavy (non-hydrogen) atoms. The third-order valence-corrected chi connectivity index (χ3v) is 4.30. The number of aromatic nitrogens is 5. The van der Waals surface area contributed by atoms with Crippen molar-refractivity contribution in [3.63, 3.8) is 0 Å². The highest BCUT2D eigenvalue weighted by atomic mass is 35.5. The molecule has 2 N–H and O–H groups in total. The first-order valence-corrected chi connectivity index (χ1v) is 7.84. The molecule has 8 heteroatoms. The Hall–Kier alpha value is -2.25. The Morgan fingerprint density at radius 3 is 2.58 bits per heavy atom. The molecule has 2 aromatic heterocycles. The fraction of sp³-hybridized carbons (Fsp3) is 0.375. The Balaban J connectivity index is 0.00000169. The molecule has 4 rings (SSSR count). The number of para-hydroxylation sites is 1. The number of aryl methyl sites for hydroxylation is 1. The minimum absolute atomic E-state index is 0. The number of hydrogen-bond donors (Lipinski definition) is 1. The van der Waals surface area contributed by atoms with Gasteiger partial charge in [-0.15, -0.1) is 17.5 Å². The van der Waals surface area contributed by atoms with Crippen LogP contribution in [0.5, 0.6) is 0 Å². The Kier molecular flexibility index (Phi) is 4.38. The van der Waals surface area contributed by atoms with Crippen LogP contribution in [0.3, 0.4) is 0 Å². The van der Waals surface area contributed by atoms with Gasteiger partial charge in [-0.25, -0.2) is 9.67 Å². The number of nitrogens with zero attached hydrogens (tertiary/aromatic N) is 5. The Morgan fingerprint density at radius 1 is 1.21 bits per heavy atom. The zero-order chi connectivity index (χ0) is 15.9. The van der Waals surface area contributed by atoms with Crippen molar-refractivity contribution in [2.24, 2.45) is 5.73 Å².